The lowest BCUT2D eigenvalue weighted by Gasteiger charge is -2.26. The van der Waals surface area contributed by atoms with Crippen molar-refractivity contribution in [2.75, 3.05) is 6.54 Å². The van der Waals surface area contributed by atoms with Crippen LogP contribution in [0.2, 0.25) is 0 Å². The van der Waals surface area contributed by atoms with Gasteiger partial charge in [-0.05, 0) is 5.92 Å². The molecule has 6 heteroatoms. The zero-order valence-electron chi connectivity index (χ0n) is 9.59. The Morgan fingerprint density at radius 2 is 2.00 bits per heavy atom. The van der Waals surface area contributed by atoms with Gasteiger partial charge < -0.3 is 21.5 Å². The average molecular weight is 229 g/mol. The highest BCUT2D eigenvalue weighted by Gasteiger charge is 2.39. The first-order chi connectivity index (χ1) is 7.34. The van der Waals surface area contributed by atoms with Crippen molar-refractivity contribution >= 4 is 11.8 Å². The number of rotatable bonds is 3. The Labute approximate surface area is 94.6 Å². The number of amides is 2. The first-order valence-electron chi connectivity index (χ1n) is 5.38. The molecular weight excluding hydrogens is 210 g/mol. The summed E-state index contributed by atoms with van der Waals surface area (Å²) in [5, 5.41) is 9.45. The molecule has 0 aromatic carbocycles. The van der Waals surface area contributed by atoms with Gasteiger partial charge in [0.1, 0.15) is 6.04 Å². The molecule has 1 aliphatic rings. The number of nitrogens with two attached hydrogens (primary N) is 2. The van der Waals surface area contributed by atoms with Gasteiger partial charge >= 0.3 is 0 Å². The second kappa shape index (κ2) is 4.80. The van der Waals surface area contributed by atoms with Crippen LogP contribution in [0.25, 0.3) is 0 Å². The molecule has 5 N–H and O–H groups in total. The van der Waals surface area contributed by atoms with Crippen LogP contribution in [0.5, 0.6) is 0 Å². The van der Waals surface area contributed by atoms with E-state index in [9.17, 15) is 14.7 Å². The minimum absolute atomic E-state index is 0.0150. The molecule has 0 aromatic rings. The number of hydrogen-bond donors (Lipinski definition) is 3. The van der Waals surface area contributed by atoms with Gasteiger partial charge in [-0.2, -0.15) is 0 Å². The van der Waals surface area contributed by atoms with Crippen LogP contribution in [0.4, 0.5) is 0 Å². The zero-order chi connectivity index (χ0) is 12.5. The van der Waals surface area contributed by atoms with Crippen molar-refractivity contribution < 1.29 is 14.7 Å². The number of aliphatic hydroxyl groups excluding tert-OH is 1. The lowest BCUT2D eigenvalue weighted by atomic mass is 10.0. The monoisotopic (exact) mass is 229 g/mol. The van der Waals surface area contributed by atoms with Crippen molar-refractivity contribution in [1.29, 1.82) is 0 Å². The van der Waals surface area contributed by atoms with Crippen molar-refractivity contribution in [1.82, 2.24) is 4.90 Å². The first kappa shape index (κ1) is 12.9. The van der Waals surface area contributed by atoms with E-state index in [-0.39, 0.29) is 24.8 Å². The summed E-state index contributed by atoms with van der Waals surface area (Å²) in [5.74, 6) is -0.935. The number of aliphatic hydroxyl groups is 1. The molecule has 1 aliphatic heterocycles. The lowest BCUT2D eigenvalue weighted by Crippen LogP contribution is -2.51. The maximum Gasteiger partial charge on any atom is 0.240 e. The van der Waals surface area contributed by atoms with Crippen LogP contribution in [0.1, 0.15) is 20.3 Å². The number of carbonyl (C=O) groups excluding carboxylic acids is 2. The van der Waals surface area contributed by atoms with Gasteiger partial charge in [0.2, 0.25) is 11.8 Å². The largest absolute Gasteiger partial charge is 0.391 e. The van der Waals surface area contributed by atoms with Crippen LogP contribution in [-0.2, 0) is 9.59 Å². The van der Waals surface area contributed by atoms with Gasteiger partial charge in [0.05, 0.1) is 12.1 Å². The highest BCUT2D eigenvalue weighted by molar-refractivity contribution is 5.89. The van der Waals surface area contributed by atoms with Crippen molar-refractivity contribution in [2.24, 2.45) is 17.4 Å². The Balaban J connectivity index is 2.78. The maximum atomic E-state index is 11.9. The number of β-amino-alcohol motifs (C(OH)–C–C–N with tert-alkyl or cyclic N) is 1. The molecule has 0 aliphatic carbocycles. The molecule has 1 fully saturated rings. The quantitative estimate of drug-likeness (QED) is 0.542. The summed E-state index contributed by atoms with van der Waals surface area (Å²) < 4.78 is 0. The van der Waals surface area contributed by atoms with Gasteiger partial charge in [-0.1, -0.05) is 13.8 Å². The fraction of sp³-hybridized carbons (Fsp3) is 0.800. The number of hydrogen-bond acceptors (Lipinski definition) is 4. The van der Waals surface area contributed by atoms with Crippen LogP contribution < -0.4 is 11.5 Å². The van der Waals surface area contributed by atoms with E-state index in [2.05, 4.69) is 0 Å². The molecule has 1 saturated heterocycles. The molecular formula is C10H19N3O3. The Kier molecular flexibility index (Phi) is 3.88. The molecule has 0 radical (unpaired) electrons. The summed E-state index contributed by atoms with van der Waals surface area (Å²) in [6.45, 7) is 3.79. The summed E-state index contributed by atoms with van der Waals surface area (Å²) in [7, 11) is 0. The van der Waals surface area contributed by atoms with E-state index in [4.69, 9.17) is 11.5 Å². The molecule has 0 aromatic heterocycles. The van der Waals surface area contributed by atoms with E-state index in [1.807, 2.05) is 13.8 Å². The molecule has 1 heterocycles. The Hall–Kier alpha value is -1.14. The third kappa shape index (κ3) is 2.51. The van der Waals surface area contributed by atoms with Gasteiger partial charge in [-0.3, -0.25) is 9.59 Å². The van der Waals surface area contributed by atoms with Crippen molar-refractivity contribution in [3.8, 4) is 0 Å². The fourth-order valence-corrected chi connectivity index (χ4v) is 1.80. The van der Waals surface area contributed by atoms with Crippen LogP contribution in [0.3, 0.4) is 0 Å². The lowest BCUT2D eigenvalue weighted by molar-refractivity contribution is -0.139. The first-order valence-corrected chi connectivity index (χ1v) is 5.38. The minimum Gasteiger partial charge on any atom is -0.391 e. The number of primary amides is 1. The van der Waals surface area contributed by atoms with E-state index in [1.165, 1.54) is 4.90 Å². The molecule has 3 atom stereocenters. The summed E-state index contributed by atoms with van der Waals surface area (Å²) in [6, 6.07) is -1.39. The SMILES string of the molecule is CC(C)[C@H](N)C(=O)N1CC(O)CC1C(N)=O. The highest BCUT2D eigenvalue weighted by Crippen LogP contribution is 2.19. The summed E-state index contributed by atoms with van der Waals surface area (Å²) >= 11 is 0. The molecule has 0 saturated carbocycles. The van der Waals surface area contributed by atoms with E-state index in [0.717, 1.165) is 0 Å². The van der Waals surface area contributed by atoms with Gasteiger partial charge in [-0.25, -0.2) is 0 Å². The van der Waals surface area contributed by atoms with Gasteiger partial charge in [0.25, 0.3) is 0 Å². The normalized spacial score (nSPS) is 27.2. The molecule has 0 bridgehead atoms. The number of likely N-dealkylation sites (tertiary alicyclic amines) is 1. The number of carbonyl (C=O) groups is 2. The van der Waals surface area contributed by atoms with Crippen LogP contribution in [0, 0.1) is 5.92 Å². The smallest absolute Gasteiger partial charge is 0.240 e. The molecule has 2 unspecified atom stereocenters. The van der Waals surface area contributed by atoms with Crippen LogP contribution >= 0.6 is 0 Å². The number of nitrogens with zero attached hydrogens (tertiary/aromatic N) is 1. The highest BCUT2D eigenvalue weighted by atomic mass is 16.3. The Morgan fingerprint density at radius 3 is 2.44 bits per heavy atom. The van der Waals surface area contributed by atoms with Crippen molar-refractivity contribution in [2.45, 2.75) is 38.5 Å². The van der Waals surface area contributed by atoms with E-state index < -0.39 is 24.1 Å². The average Bonchev–Trinajstić information content (AvgIpc) is 2.58. The molecule has 2 amide bonds. The van der Waals surface area contributed by atoms with Crippen LogP contribution in [-0.4, -0.2) is 46.6 Å². The topological polar surface area (TPSA) is 110 Å². The standard InChI is InChI=1S/C10H19N3O3/c1-5(2)8(11)10(16)13-4-6(14)3-7(13)9(12)15/h5-8,14H,3-4,11H2,1-2H3,(H2,12,15)/t6?,7?,8-/m0/s1. The van der Waals surface area contributed by atoms with Gasteiger partial charge in [0.15, 0.2) is 0 Å². The molecule has 0 spiro atoms. The molecule has 16 heavy (non-hydrogen) atoms. The van der Waals surface area contributed by atoms with Crippen LogP contribution in [0.15, 0.2) is 0 Å². The van der Waals surface area contributed by atoms with E-state index in [0.29, 0.717) is 0 Å². The van der Waals surface area contributed by atoms with E-state index in [1.54, 1.807) is 0 Å². The molecule has 1 rings (SSSR count). The predicted molar refractivity (Wildman–Crippen MR) is 58.1 cm³/mol. The summed E-state index contributed by atoms with van der Waals surface area (Å²) in [5.41, 5.74) is 10.9. The minimum atomic E-state index is -0.729. The molecule has 6 nitrogen and oxygen atoms in total. The fourth-order valence-electron chi connectivity index (χ4n) is 1.80. The zero-order valence-corrected chi connectivity index (χ0v) is 9.59. The summed E-state index contributed by atoms with van der Waals surface area (Å²) in [6.07, 6.45) is -0.493. The predicted octanol–water partition coefficient (Wildman–Crippen LogP) is -1.58. The maximum absolute atomic E-state index is 11.9. The summed E-state index contributed by atoms with van der Waals surface area (Å²) in [4.78, 5) is 24.3. The van der Waals surface area contributed by atoms with Gasteiger partial charge in [0, 0.05) is 13.0 Å². The van der Waals surface area contributed by atoms with E-state index >= 15 is 0 Å². The molecule has 92 valence electrons. The third-order valence-electron chi connectivity index (χ3n) is 2.89. The Bertz CT molecular complexity index is 293. The Morgan fingerprint density at radius 1 is 1.44 bits per heavy atom. The van der Waals surface area contributed by atoms with Gasteiger partial charge in [-0.15, -0.1) is 0 Å². The third-order valence-corrected chi connectivity index (χ3v) is 2.89. The second-order valence-electron chi connectivity index (χ2n) is 4.57. The second-order valence-corrected chi connectivity index (χ2v) is 4.57. The van der Waals surface area contributed by atoms with Crippen molar-refractivity contribution in [3.05, 3.63) is 0 Å². The van der Waals surface area contributed by atoms with Crippen molar-refractivity contribution in [3.63, 3.8) is 0 Å².